The molecule has 0 fully saturated rings. The number of anilines is 1. The van der Waals surface area contributed by atoms with E-state index in [4.69, 9.17) is 0 Å². The summed E-state index contributed by atoms with van der Waals surface area (Å²) in [6, 6.07) is 7.83. The van der Waals surface area contributed by atoms with Gasteiger partial charge in [-0.2, -0.15) is 0 Å². The molecular formula is C12H17NO. The van der Waals surface area contributed by atoms with E-state index in [1.165, 1.54) is 11.6 Å². The third-order valence-electron chi connectivity index (χ3n) is 2.03. The first-order chi connectivity index (χ1) is 6.63. The van der Waals surface area contributed by atoms with Crippen molar-refractivity contribution in [2.45, 2.75) is 19.8 Å². The molecule has 0 saturated heterocycles. The topological polar surface area (TPSA) is 29.1 Å². The maximum atomic E-state index is 11.0. The van der Waals surface area contributed by atoms with Crippen LogP contribution in [-0.4, -0.2) is 5.91 Å². The van der Waals surface area contributed by atoms with E-state index in [9.17, 15) is 4.79 Å². The van der Waals surface area contributed by atoms with E-state index in [0.29, 0.717) is 5.92 Å². The summed E-state index contributed by atoms with van der Waals surface area (Å²) in [6.45, 7) is 7.66. The van der Waals surface area contributed by atoms with Gasteiger partial charge in [-0.3, -0.25) is 4.79 Å². The molecule has 0 bridgehead atoms. The normalized spacial score (nSPS) is 9.93. The predicted octanol–water partition coefficient (Wildman–Crippen LogP) is 3.18. The molecule has 0 saturated carbocycles. The number of carbonyl (C=O) groups is 1. The van der Waals surface area contributed by atoms with Gasteiger partial charge in [-0.1, -0.05) is 32.6 Å². The predicted molar refractivity (Wildman–Crippen MR) is 61.5 cm³/mol. The van der Waals surface area contributed by atoms with Gasteiger partial charge in [0.05, 0.1) is 0 Å². The molecular weight excluding hydrogens is 174 g/mol. The van der Waals surface area contributed by atoms with E-state index in [1.807, 2.05) is 24.3 Å². The molecule has 2 heteroatoms. The highest BCUT2D eigenvalue weighted by Gasteiger charge is 1.99. The Labute approximate surface area is 86.1 Å². The summed E-state index contributed by atoms with van der Waals surface area (Å²) in [5.41, 5.74) is 2.07. The third-order valence-corrected chi connectivity index (χ3v) is 2.03. The molecule has 1 aromatic rings. The summed E-state index contributed by atoms with van der Waals surface area (Å²) < 4.78 is 0. The average molecular weight is 191 g/mol. The molecule has 0 aliphatic heterocycles. The molecule has 0 aromatic heterocycles. The Kier molecular flexibility index (Phi) is 3.46. The Bertz CT molecular complexity index is 330. The van der Waals surface area contributed by atoms with Gasteiger partial charge in [0.1, 0.15) is 0 Å². The lowest BCUT2D eigenvalue weighted by Crippen LogP contribution is -2.07. The number of rotatable bonds is 3. The molecule has 2 nitrogen and oxygen atoms in total. The van der Waals surface area contributed by atoms with Crippen LogP contribution in [0.1, 0.15) is 26.8 Å². The van der Waals surface area contributed by atoms with E-state index in [0.717, 1.165) is 5.69 Å². The van der Waals surface area contributed by atoms with Crippen molar-refractivity contribution in [3.63, 3.8) is 0 Å². The monoisotopic (exact) mass is 191 g/mol. The van der Waals surface area contributed by atoms with Crippen molar-refractivity contribution in [1.29, 1.82) is 0 Å². The van der Waals surface area contributed by atoms with Gasteiger partial charge in [0.15, 0.2) is 0 Å². The summed E-state index contributed by atoms with van der Waals surface area (Å²) in [5, 5.41) is 2.70. The number of amides is 1. The lowest BCUT2D eigenvalue weighted by molar-refractivity contribution is -0.111. The van der Waals surface area contributed by atoms with E-state index in [1.54, 1.807) is 0 Å². The molecule has 1 amide bonds. The van der Waals surface area contributed by atoms with Gasteiger partial charge >= 0.3 is 0 Å². The van der Waals surface area contributed by atoms with Crippen LogP contribution >= 0.6 is 0 Å². The molecule has 0 unspecified atom stereocenters. The van der Waals surface area contributed by atoms with Crippen molar-refractivity contribution in [2.75, 3.05) is 5.32 Å². The summed E-state index contributed by atoms with van der Waals surface area (Å²) in [7, 11) is 0. The number of carbonyl (C=O) groups excluding carboxylic acids is 1. The van der Waals surface area contributed by atoms with Crippen molar-refractivity contribution in [3.8, 4) is 0 Å². The molecule has 1 rings (SSSR count). The van der Waals surface area contributed by atoms with E-state index in [2.05, 4.69) is 25.7 Å². The molecule has 0 aliphatic carbocycles. The highest BCUT2D eigenvalue weighted by Crippen LogP contribution is 2.16. The van der Waals surface area contributed by atoms with Gasteiger partial charge in [0, 0.05) is 7.11 Å². The van der Waals surface area contributed by atoms with Crippen molar-refractivity contribution in [1.82, 2.24) is 0 Å². The van der Waals surface area contributed by atoms with Gasteiger partial charge in [0.2, 0.25) is 5.91 Å². The van der Waals surface area contributed by atoms with Crippen LogP contribution in [0.3, 0.4) is 0 Å². The molecule has 0 radical (unpaired) electrons. The van der Waals surface area contributed by atoms with E-state index >= 15 is 0 Å². The van der Waals surface area contributed by atoms with E-state index < -0.39 is 0 Å². The van der Waals surface area contributed by atoms with Gasteiger partial charge in [-0.15, -0.1) is 0 Å². The molecule has 1 N–H and O–H groups in total. The first kappa shape index (κ1) is 10.5. The summed E-state index contributed by atoms with van der Waals surface area (Å²) >= 11 is 0. The van der Waals surface area contributed by atoms with Crippen molar-refractivity contribution in [3.05, 3.63) is 42.5 Å². The maximum Gasteiger partial charge on any atom is 0.247 e. The first-order valence-corrected chi connectivity index (χ1v) is 4.67. The second-order valence-corrected chi connectivity index (χ2v) is 3.47. The van der Waals surface area contributed by atoms with Crippen LogP contribution in [0.15, 0.2) is 36.9 Å². The van der Waals surface area contributed by atoms with E-state index in [-0.39, 0.29) is 7.33 Å². The number of benzene rings is 1. The van der Waals surface area contributed by atoms with Crippen LogP contribution in [0, 0.1) is 0 Å². The smallest absolute Gasteiger partial charge is 0.247 e. The summed E-state index contributed by atoms with van der Waals surface area (Å²) in [5.74, 6) is 0.335. The Morgan fingerprint density at radius 3 is 2.43 bits per heavy atom. The first-order valence-electron chi connectivity index (χ1n) is 4.67. The SMILES string of the molecule is C=CC(=O)Nc1ccc(C(C)C)cc1.[HH]. The number of nitrogens with one attached hydrogen (secondary N) is 1. The number of hydrogen-bond donors (Lipinski definition) is 1. The van der Waals surface area contributed by atoms with Gasteiger partial charge in [0.25, 0.3) is 0 Å². The second-order valence-electron chi connectivity index (χ2n) is 3.47. The van der Waals surface area contributed by atoms with Crippen LogP contribution in [0.2, 0.25) is 0 Å². The molecule has 0 spiro atoms. The average Bonchev–Trinajstić information content (AvgIpc) is 2.18. The lowest BCUT2D eigenvalue weighted by Gasteiger charge is -2.06. The van der Waals surface area contributed by atoms with Crippen LogP contribution in [0.5, 0.6) is 0 Å². The van der Waals surface area contributed by atoms with Crippen molar-refractivity contribution >= 4 is 11.6 Å². The Balaban J connectivity index is 0.00000196. The minimum Gasteiger partial charge on any atom is -0.323 e. The third kappa shape index (κ3) is 2.73. The minimum absolute atomic E-state index is 0. The van der Waals surface area contributed by atoms with Crippen molar-refractivity contribution < 1.29 is 6.22 Å². The maximum absolute atomic E-state index is 11.0. The highest BCUT2D eigenvalue weighted by molar-refractivity contribution is 5.98. The summed E-state index contributed by atoms with van der Waals surface area (Å²) in [4.78, 5) is 11.0. The van der Waals surface area contributed by atoms with Crippen LogP contribution in [-0.2, 0) is 4.79 Å². The molecule has 1 aromatic carbocycles. The molecule has 0 heterocycles. The second kappa shape index (κ2) is 4.61. The van der Waals surface area contributed by atoms with Crippen molar-refractivity contribution in [2.24, 2.45) is 0 Å². The van der Waals surface area contributed by atoms with Crippen LogP contribution < -0.4 is 5.32 Å². The van der Waals surface area contributed by atoms with Crippen LogP contribution in [0.4, 0.5) is 5.69 Å². The molecule has 76 valence electrons. The quantitative estimate of drug-likeness (QED) is 0.730. The zero-order chi connectivity index (χ0) is 10.6. The van der Waals surface area contributed by atoms with Gasteiger partial charge < -0.3 is 5.32 Å². The molecule has 14 heavy (non-hydrogen) atoms. The minimum atomic E-state index is -0.178. The fourth-order valence-corrected chi connectivity index (χ4v) is 1.14. The fraction of sp³-hybridized carbons (Fsp3) is 0.250. The fourth-order valence-electron chi connectivity index (χ4n) is 1.14. The zero-order valence-electron chi connectivity index (χ0n) is 8.58. The van der Waals surface area contributed by atoms with Crippen LogP contribution in [0.25, 0.3) is 0 Å². The molecule has 0 aliphatic rings. The molecule has 0 atom stereocenters. The lowest BCUT2D eigenvalue weighted by atomic mass is 10.0. The summed E-state index contributed by atoms with van der Waals surface area (Å²) in [6.07, 6.45) is 1.26. The highest BCUT2D eigenvalue weighted by atomic mass is 16.1. The standard InChI is InChI=1S/C12H15NO.H2/c1-4-12(14)13-11-7-5-10(6-8-11)9(2)3;/h4-9H,1H2,2-3H3,(H,13,14);1H. The van der Waals surface area contributed by atoms with Gasteiger partial charge in [-0.25, -0.2) is 0 Å². The Morgan fingerprint density at radius 1 is 1.43 bits per heavy atom. The Morgan fingerprint density at radius 2 is 2.00 bits per heavy atom. The number of hydrogen-bond acceptors (Lipinski definition) is 1. The Hall–Kier alpha value is -1.57. The van der Waals surface area contributed by atoms with Gasteiger partial charge in [-0.05, 0) is 29.7 Å². The zero-order valence-corrected chi connectivity index (χ0v) is 8.58. The largest absolute Gasteiger partial charge is 0.323 e.